The smallest absolute Gasteiger partial charge is 0.0722 e. The number of hydrogen-bond acceptors (Lipinski definition) is 5. The molecule has 0 saturated carbocycles. The quantitative estimate of drug-likeness (QED) is 0.514. The van der Waals surface area contributed by atoms with Gasteiger partial charge in [0.05, 0.1) is 18.9 Å². The number of hydrogen-bond donors (Lipinski definition) is 3. The normalized spacial score (nSPS) is 34.7. The third-order valence-corrected chi connectivity index (χ3v) is 2.92. The lowest BCUT2D eigenvalue weighted by molar-refractivity contribution is 0.123. The van der Waals surface area contributed by atoms with Gasteiger partial charge in [0.25, 0.3) is 0 Å². The minimum absolute atomic E-state index is 0.330. The summed E-state index contributed by atoms with van der Waals surface area (Å²) in [5, 5.41) is 5.52. The SMILES string of the molecule is CC1NCNN1C1CCN(C)C=C1N. The molecular weight excluding hydrogens is 178 g/mol. The topological polar surface area (TPSA) is 56.6 Å². The van der Waals surface area contributed by atoms with Crippen LogP contribution >= 0.6 is 0 Å². The zero-order chi connectivity index (χ0) is 10.1. The molecule has 5 nitrogen and oxygen atoms in total. The Bertz CT molecular complexity index is 239. The summed E-state index contributed by atoms with van der Waals surface area (Å²) in [6, 6.07) is 0.330. The Balaban J connectivity index is 2.07. The molecule has 2 aliphatic rings. The molecule has 4 N–H and O–H groups in total. The molecule has 0 spiro atoms. The maximum atomic E-state index is 6.02. The van der Waals surface area contributed by atoms with Crippen molar-refractivity contribution in [2.24, 2.45) is 5.73 Å². The van der Waals surface area contributed by atoms with E-state index in [-0.39, 0.29) is 0 Å². The van der Waals surface area contributed by atoms with E-state index in [0.717, 1.165) is 25.3 Å². The standard InChI is InChI=1S/C9H19N5/c1-7-11-6-12-14(7)9-3-4-13(2)5-8(9)10/h5,7,9,11-12H,3-4,6,10H2,1-2H3. The van der Waals surface area contributed by atoms with Gasteiger partial charge in [-0.3, -0.25) is 5.32 Å². The fourth-order valence-electron chi connectivity index (χ4n) is 2.10. The molecule has 0 aromatic rings. The fraction of sp³-hybridized carbons (Fsp3) is 0.778. The Kier molecular flexibility index (Phi) is 2.62. The molecule has 1 fully saturated rings. The van der Waals surface area contributed by atoms with Crippen molar-refractivity contribution >= 4 is 0 Å². The van der Waals surface area contributed by atoms with Crippen molar-refractivity contribution in [2.45, 2.75) is 25.6 Å². The molecule has 2 rings (SSSR count). The molecular formula is C9H19N5. The molecule has 2 atom stereocenters. The molecule has 2 unspecified atom stereocenters. The van der Waals surface area contributed by atoms with Crippen molar-refractivity contribution in [3.8, 4) is 0 Å². The van der Waals surface area contributed by atoms with Gasteiger partial charge in [0.1, 0.15) is 0 Å². The summed E-state index contributed by atoms with van der Waals surface area (Å²) in [7, 11) is 2.06. The van der Waals surface area contributed by atoms with Crippen LogP contribution in [0.3, 0.4) is 0 Å². The minimum Gasteiger partial charge on any atom is -0.400 e. The molecule has 14 heavy (non-hydrogen) atoms. The van der Waals surface area contributed by atoms with Crippen LogP contribution in [0.5, 0.6) is 0 Å². The average Bonchev–Trinajstić information content (AvgIpc) is 2.52. The van der Waals surface area contributed by atoms with Gasteiger partial charge >= 0.3 is 0 Å². The van der Waals surface area contributed by atoms with Gasteiger partial charge in [0, 0.05) is 25.5 Å². The van der Waals surface area contributed by atoms with Gasteiger partial charge in [0.15, 0.2) is 0 Å². The number of nitrogens with zero attached hydrogens (tertiary/aromatic N) is 2. The molecule has 0 amide bonds. The zero-order valence-electron chi connectivity index (χ0n) is 8.83. The van der Waals surface area contributed by atoms with Crippen LogP contribution in [0.4, 0.5) is 0 Å². The average molecular weight is 197 g/mol. The van der Waals surface area contributed by atoms with E-state index in [1.165, 1.54) is 0 Å². The van der Waals surface area contributed by atoms with Gasteiger partial charge in [0.2, 0.25) is 0 Å². The van der Waals surface area contributed by atoms with Crippen LogP contribution in [-0.2, 0) is 0 Å². The van der Waals surface area contributed by atoms with Crippen molar-refractivity contribution in [2.75, 3.05) is 20.3 Å². The van der Waals surface area contributed by atoms with Crippen LogP contribution in [0.15, 0.2) is 11.9 Å². The maximum Gasteiger partial charge on any atom is 0.0722 e. The second kappa shape index (κ2) is 3.76. The van der Waals surface area contributed by atoms with Crippen LogP contribution in [0.1, 0.15) is 13.3 Å². The minimum atomic E-state index is 0.330. The van der Waals surface area contributed by atoms with Gasteiger partial charge in [-0.25, -0.2) is 10.4 Å². The first-order valence-corrected chi connectivity index (χ1v) is 5.11. The summed E-state index contributed by atoms with van der Waals surface area (Å²) in [6.45, 7) is 4.04. The molecule has 80 valence electrons. The summed E-state index contributed by atoms with van der Waals surface area (Å²) in [6.07, 6.45) is 3.47. The Morgan fingerprint density at radius 2 is 2.36 bits per heavy atom. The van der Waals surface area contributed by atoms with Crippen molar-refractivity contribution in [3.05, 3.63) is 11.9 Å². The number of nitrogens with one attached hydrogen (secondary N) is 2. The van der Waals surface area contributed by atoms with E-state index in [2.05, 4.69) is 34.6 Å². The first-order chi connectivity index (χ1) is 6.68. The Hall–Kier alpha value is -0.780. The number of hydrazine groups is 1. The highest BCUT2D eigenvalue weighted by Crippen LogP contribution is 2.17. The van der Waals surface area contributed by atoms with Crippen molar-refractivity contribution in [1.29, 1.82) is 0 Å². The lowest BCUT2D eigenvalue weighted by Crippen LogP contribution is -2.50. The largest absolute Gasteiger partial charge is 0.400 e. The van der Waals surface area contributed by atoms with Crippen LogP contribution in [0.2, 0.25) is 0 Å². The summed E-state index contributed by atoms with van der Waals surface area (Å²) in [4.78, 5) is 2.14. The van der Waals surface area contributed by atoms with Gasteiger partial charge in [-0.1, -0.05) is 0 Å². The highest BCUT2D eigenvalue weighted by molar-refractivity contribution is 5.10. The Labute approximate surface area is 84.9 Å². The highest BCUT2D eigenvalue weighted by Gasteiger charge is 2.30. The summed E-state index contributed by atoms with van der Waals surface area (Å²) < 4.78 is 0. The van der Waals surface area contributed by atoms with E-state index < -0.39 is 0 Å². The second-order valence-electron chi connectivity index (χ2n) is 4.04. The van der Waals surface area contributed by atoms with E-state index in [0.29, 0.717) is 12.2 Å². The van der Waals surface area contributed by atoms with E-state index in [4.69, 9.17) is 5.73 Å². The van der Waals surface area contributed by atoms with Crippen LogP contribution < -0.4 is 16.5 Å². The lowest BCUT2D eigenvalue weighted by Gasteiger charge is -2.35. The molecule has 0 radical (unpaired) electrons. The molecule has 0 bridgehead atoms. The van der Waals surface area contributed by atoms with Crippen LogP contribution in [-0.4, -0.2) is 42.4 Å². The molecule has 0 aliphatic carbocycles. The predicted molar refractivity (Wildman–Crippen MR) is 55.7 cm³/mol. The molecule has 0 aromatic carbocycles. The van der Waals surface area contributed by atoms with E-state index in [1.807, 2.05) is 6.20 Å². The first-order valence-electron chi connectivity index (χ1n) is 5.11. The van der Waals surface area contributed by atoms with Gasteiger partial charge < -0.3 is 10.6 Å². The van der Waals surface area contributed by atoms with Crippen molar-refractivity contribution in [1.82, 2.24) is 20.7 Å². The lowest BCUT2D eigenvalue weighted by atomic mass is 10.1. The molecule has 2 heterocycles. The van der Waals surface area contributed by atoms with Crippen molar-refractivity contribution < 1.29 is 0 Å². The highest BCUT2D eigenvalue weighted by atomic mass is 15.6. The van der Waals surface area contributed by atoms with Gasteiger partial charge in [-0.15, -0.1) is 0 Å². The summed E-state index contributed by atoms with van der Waals surface area (Å²) in [5.41, 5.74) is 10.3. The Morgan fingerprint density at radius 3 is 2.93 bits per heavy atom. The van der Waals surface area contributed by atoms with E-state index in [1.54, 1.807) is 0 Å². The fourth-order valence-corrected chi connectivity index (χ4v) is 2.10. The Morgan fingerprint density at radius 1 is 1.57 bits per heavy atom. The monoisotopic (exact) mass is 197 g/mol. The van der Waals surface area contributed by atoms with E-state index >= 15 is 0 Å². The summed E-state index contributed by atoms with van der Waals surface area (Å²) in [5.74, 6) is 0. The number of rotatable bonds is 1. The van der Waals surface area contributed by atoms with Crippen LogP contribution in [0, 0.1) is 0 Å². The third kappa shape index (κ3) is 1.70. The van der Waals surface area contributed by atoms with E-state index in [9.17, 15) is 0 Å². The molecule has 5 heteroatoms. The molecule has 1 saturated heterocycles. The zero-order valence-corrected chi connectivity index (χ0v) is 8.83. The second-order valence-corrected chi connectivity index (χ2v) is 4.04. The molecule has 2 aliphatic heterocycles. The maximum absolute atomic E-state index is 6.02. The third-order valence-electron chi connectivity index (χ3n) is 2.92. The van der Waals surface area contributed by atoms with Gasteiger partial charge in [-0.2, -0.15) is 0 Å². The van der Waals surface area contributed by atoms with Crippen LogP contribution in [0.25, 0.3) is 0 Å². The molecule has 0 aromatic heterocycles. The number of nitrogens with two attached hydrogens (primary N) is 1. The summed E-state index contributed by atoms with van der Waals surface area (Å²) >= 11 is 0. The van der Waals surface area contributed by atoms with Gasteiger partial charge in [-0.05, 0) is 13.3 Å². The van der Waals surface area contributed by atoms with Crippen molar-refractivity contribution in [3.63, 3.8) is 0 Å². The first kappa shape index (κ1) is 9.76. The predicted octanol–water partition coefficient (Wildman–Crippen LogP) is -0.796.